The molecule has 3 aliphatic heterocycles. The maximum absolute atomic E-state index is 15.3. The van der Waals surface area contributed by atoms with Crippen LogP contribution in [0.4, 0.5) is 0 Å². The molecule has 2 fully saturated rings. The van der Waals surface area contributed by atoms with Crippen LogP contribution in [-0.4, -0.2) is 66.8 Å². The maximum Gasteiger partial charge on any atom is 0.232 e. The van der Waals surface area contributed by atoms with E-state index < -0.39 is 35.3 Å². The summed E-state index contributed by atoms with van der Waals surface area (Å²) in [6, 6.07) is 17.8. The van der Waals surface area contributed by atoms with E-state index in [-0.39, 0.29) is 47.3 Å². The molecule has 2 amide bonds. The zero-order valence-electron chi connectivity index (χ0n) is 26.9. The second-order valence-corrected chi connectivity index (χ2v) is 13.1. The molecule has 1 saturated carbocycles. The van der Waals surface area contributed by atoms with E-state index in [1.807, 2.05) is 44.2 Å². The average molecular weight is 645 g/mol. The predicted octanol–water partition coefficient (Wildman–Crippen LogP) is 3.79. The lowest BCUT2D eigenvalue weighted by Crippen LogP contribution is -2.58. The maximum atomic E-state index is 15.3. The molecular formula is C36H40N2O9. The molecule has 47 heavy (non-hydrogen) atoms. The number of carbonyl (C=O) groups excluding carboxylic acids is 2. The second kappa shape index (κ2) is 11.6. The summed E-state index contributed by atoms with van der Waals surface area (Å²) in [5.74, 6) is -0.947. The van der Waals surface area contributed by atoms with Crippen LogP contribution in [0.15, 0.2) is 60.7 Å². The summed E-state index contributed by atoms with van der Waals surface area (Å²) >= 11 is 0. The van der Waals surface area contributed by atoms with Crippen molar-refractivity contribution in [3.63, 3.8) is 0 Å². The molecule has 4 aliphatic rings. The number of rotatable bonds is 8. The van der Waals surface area contributed by atoms with E-state index in [1.54, 1.807) is 42.3 Å². The molecule has 11 nitrogen and oxygen atoms in total. The van der Waals surface area contributed by atoms with Crippen molar-refractivity contribution in [3.8, 4) is 28.7 Å². The first kappa shape index (κ1) is 31.1. The summed E-state index contributed by atoms with van der Waals surface area (Å²) < 4.78 is 29.7. The summed E-state index contributed by atoms with van der Waals surface area (Å²) in [4.78, 5) is 29.8. The number of ether oxygens (including phenoxy) is 5. The Morgan fingerprint density at radius 1 is 1.04 bits per heavy atom. The molecule has 2 bridgehead atoms. The SMILES string of the molecule is COc1ccc([C@@]23Oc4cc5c(c(OC)c4C(O)(C2O)[C@H](c2ccccc2)[C@H]3C(=O)N2CCCC2NC(=O)CC(C)C)OCO5)cc1. The van der Waals surface area contributed by atoms with E-state index in [0.29, 0.717) is 48.4 Å². The monoisotopic (exact) mass is 644 g/mol. The summed E-state index contributed by atoms with van der Waals surface area (Å²) in [5.41, 5.74) is -2.61. The van der Waals surface area contributed by atoms with Crippen LogP contribution in [0.3, 0.4) is 0 Å². The minimum Gasteiger partial charge on any atom is -0.497 e. The standard InChI is InChI=1S/C36H40N2O9/c1-20(2)17-27(39)37-26-11-8-16-38(26)33(40)30-28(21-9-6-5-7-10-21)35(42)29-24(18-25-31(32(29)44-4)46-19-45-25)47-36(30,34(35)41)22-12-14-23(43-3)15-13-22/h5-7,9-10,12-15,18,20,26,28,30,34,41-42H,8,11,16-17,19H2,1-4H3,(H,37,39)/t26?,28-,30+,34?,35?,36+/m1/s1. The number of amides is 2. The van der Waals surface area contributed by atoms with Gasteiger partial charge in [-0.3, -0.25) is 9.59 Å². The Labute approximate surface area is 273 Å². The van der Waals surface area contributed by atoms with Crippen molar-refractivity contribution in [1.82, 2.24) is 10.2 Å². The second-order valence-electron chi connectivity index (χ2n) is 13.1. The smallest absolute Gasteiger partial charge is 0.232 e. The zero-order chi connectivity index (χ0) is 33.1. The molecule has 6 atom stereocenters. The molecule has 1 aliphatic carbocycles. The third-order valence-corrected chi connectivity index (χ3v) is 9.98. The summed E-state index contributed by atoms with van der Waals surface area (Å²) in [6.45, 7) is 4.27. The van der Waals surface area contributed by atoms with Crippen LogP contribution in [-0.2, 0) is 20.8 Å². The number of hydrogen-bond donors (Lipinski definition) is 3. The fourth-order valence-electron chi connectivity index (χ4n) is 8.06. The van der Waals surface area contributed by atoms with E-state index in [9.17, 15) is 15.0 Å². The molecule has 3 aromatic carbocycles. The van der Waals surface area contributed by atoms with Gasteiger partial charge < -0.3 is 44.1 Å². The number of benzene rings is 3. The summed E-state index contributed by atoms with van der Waals surface area (Å²) in [5, 5.41) is 28.9. The quantitative estimate of drug-likeness (QED) is 0.335. The first-order valence-electron chi connectivity index (χ1n) is 16.0. The van der Waals surface area contributed by atoms with Gasteiger partial charge in [-0.05, 0) is 42.0 Å². The normalized spacial score (nSPS) is 28.5. The highest BCUT2D eigenvalue weighted by Crippen LogP contribution is 2.70. The van der Waals surface area contributed by atoms with E-state index in [4.69, 9.17) is 23.7 Å². The molecule has 7 rings (SSSR count). The van der Waals surface area contributed by atoms with E-state index in [1.165, 1.54) is 7.11 Å². The van der Waals surface area contributed by atoms with Crippen molar-refractivity contribution in [2.45, 2.75) is 62.5 Å². The lowest BCUT2D eigenvalue weighted by atomic mass is 9.74. The van der Waals surface area contributed by atoms with Gasteiger partial charge >= 0.3 is 0 Å². The number of hydrogen-bond acceptors (Lipinski definition) is 9. The van der Waals surface area contributed by atoms with E-state index >= 15 is 4.79 Å². The van der Waals surface area contributed by atoms with Gasteiger partial charge in [0.1, 0.15) is 29.4 Å². The largest absolute Gasteiger partial charge is 0.497 e. The first-order valence-corrected chi connectivity index (χ1v) is 16.0. The molecule has 3 N–H and O–H groups in total. The van der Waals surface area contributed by atoms with Crippen molar-refractivity contribution < 1.29 is 43.5 Å². The van der Waals surface area contributed by atoms with Crippen molar-refractivity contribution in [3.05, 3.63) is 77.4 Å². The van der Waals surface area contributed by atoms with Gasteiger partial charge in [-0.2, -0.15) is 0 Å². The molecule has 248 valence electrons. The first-order chi connectivity index (χ1) is 22.6. The molecule has 3 aromatic rings. The highest BCUT2D eigenvalue weighted by molar-refractivity contribution is 5.86. The fourth-order valence-corrected chi connectivity index (χ4v) is 8.06. The van der Waals surface area contributed by atoms with Crippen LogP contribution < -0.4 is 29.0 Å². The minimum absolute atomic E-state index is 0.0543. The Morgan fingerprint density at radius 3 is 2.47 bits per heavy atom. The predicted molar refractivity (Wildman–Crippen MR) is 169 cm³/mol. The number of nitrogens with one attached hydrogen (secondary N) is 1. The molecule has 11 heteroatoms. The number of carbonyl (C=O) groups is 2. The average Bonchev–Trinajstić information content (AvgIpc) is 3.76. The Bertz CT molecular complexity index is 1680. The van der Waals surface area contributed by atoms with E-state index in [2.05, 4.69) is 5.32 Å². The lowest BCUT2D eigenvalue weighted by Gasteiger charge is -2.45. The minimum atomic E-state index is -2.10. The van der Waals surface area contributed by atoms with Gasteiger partial charge in [0.25, 0.3) is 0 Å². The van der Waals surface area contributed by atoms with Gasteiger partial charge in [-0.25, -0.2) is 0 Å². The van der Waals surface area contributed by atoms with Crippen molar-refractivity contribution in [2.75, 3.05) is 27.6 Å². The van der Waals surface area contributed by atoms with Crippen LogP contribution in [0.25, 0.3) is 0 Å². The lowest BCUT2D eigenvalue weighted by molar-refractivity contribution is -0.163. The molecule has 1 saturated heterocycles. The van der Waals surface area contributed by atoms with Crippen molar-refractivity contribution in [1.29, 1.82) is 0 Å². The van der Waals surface area contributed by atoms with Gasteiger partial charge in [0.15, 0.2) is 17.1 Å². The third-order valence-electron chi connectivity index (χ3n) is 9.98. The number of fused-ring (bicyclic) bond motifs is 5. The van der Waals surface area contributed by atoms with Gasteiger partial charge in [0.05, 0.1) is 25.7 Å². The third kappa shape index (κ3) is 4.62. The number of methoxy groups -OCH3 is 2. The molecule has 3 heterocycles. The van der Waals surface area contributed by atoms with Gasteiger partial charge in [-0.1, -0.05) is 56.3 Å². The Kier molecular flexibility index (Phi) is 7.71. The number of likely N-dealkylation sites (tertiary alicyclic amines) is 1. The number of nitrogens with zero attached hydrogens (tertiary/aromatic N) is 1. The van der Waals surface area contributed by atoms with Crippen LogP contribution >= 0.6 is 0 Å². The van der Waals surface area contributed by atoms with Crippen molar-refractivity contribution >= 4 is 11.8 Å². The van der Waals surface area contributed by atoms with E-state index in [0.717, 1.165) is 0 Å². The number of aliphatic hydroxyl groups is 2. The summed E-state index contributed by atoms with van der Waals surface area (Å²) in [7, 11) is 3.00. The topological polar surface area (TPSA) is 136 Å². The fraction of sp³-hybridized carbons (Fsp3) is 0.444. The number of aliphatic hydroxyl groups excluding tert-OH is 1. The zero-order valence-corrected chi connectivity index (χ0v) is 26.9. The Balaban J connectivity index is 1.46. The summed E-state index contributed by atoms with van der Waals surface area (Å²) in [6.07, 6.45) is -0.610. The van der Waals surface area contributed by atoms with Crippen LogP contribution in [0.5, 0.6) is 28.7 Å². The van der Waals surface area contributed by atoms with Gasteiger partial charge in [0, 0.05) is 24.9 Å². The van der Waals surface area contributed by atoms with Crippen LogP contribution in [0, 0.1) is 11.8 Å². The van der Waals surface area contributed by atoms with Crippen LogP contribution in [0.1, 0.15) is 55.7 Å². The van der Waals surface area contributed by atoms with Crippen molar-refractivity contribution in [2.24, 2.45) is 11.8 Å². The van der Waals surface area contributed by atoms with Gasteiger partial charge in [0.2, 0.25) is 24.4 Å². The Hall–Kier alpha value is -4.48. The van der Waals surface area contributed by atoms with Gasteiger partial charge in [-0.15, -0.1) is 0 Å². The molecule has 3 unspecified atom stereocenters. The molecular weight excluding hydrogens is 604 g/mol. The Morgan fingerprint density at radius 2 is 1.79 bits per heavy atom. The molecule has 0 radical (unpaired) electrons. The highest BCUT2D eigenvalue weighted by atomic mass is 16.7. The molecule has 0 spiro atoms. The van der Waals surface area contributed by atoms with Crippen LogP contribution in [0.2, 0.25) is 0 Å². The highest BCUT2D eigenvalue weighted by Gasteiger charge is 2.77. The molecule has 0 aromatic heterocycles.